The minimum absolute atomic E-state index is 0.412. The molecule has 0 bridgehead atoms. The molecule has 3 rings (SSSR count). The second kappa shape index (κ2) is 6.11. The van der Waals surface area contributed by atoms with E-state index in [1.807, 2.05) is 18.2 Å². The first-order valence-corrected chi connectivity index (χ1v) is 7.55. The third-order valence-corrected chi connectivity index (χ3v) is 4.02. The Hall–Kier alpha value is -2.12. The van der Waals surface area contributed by atoms with Crippen LogP contribution in [0.25, 0.3) is 10.7 Å². The van der Waals surface area contributed by atoms with E-state index in [1.165, 1.54) is 11.3 Å². The molecule has 1 aromatic carbocycles. The van der Waals surface area contributed by atoms with Crippen molar-refractivity contribution in [3.05, 3.63) is 52.6 Å². The lowest BCUT2D eigenvalue weighted by Gasteiger charge is -2.03. The highest BCUT2D eigenvalue weighted by molar-refractivity contribution is 9.10. The highest BCUT2D eigenvalue weighted by Crippen LogP contribution is 2.33. The van der Waals surface area contributed by atoms with Crippen molar-refractivity contribution in [1.29, 1.82) is 0 Å². The molecule has 0 atom stereocenters. The average molecular weight is 362 g/mol. The SMILES string of the molecule is O=Cc1ccc(Oc2nnc(-c3ccccn3)s2)c(Br)c1. The van der Waals surface area contributed by atoms with Gasteiger partial charge in [0.1, 0.15) is 17.7 Å². The van der Waals surface area contributed by atoms with Gasteiger partial charge in [0.25, 0.3) is 5.19 Å². The second-order valence-corrected chi connectivity index (χ2v) is 5.79. The van der Waals surface area contributed by atoms with Gasteiger partial charge in [0.05, 0.1) is 4.47 Å². The van der Waals surface area contributed by atoms with Crippen LogP contribution in [0, 0.1) is 0 Å². The van der Waals surface area contributed by atoms with Crippen LogP contribution in [0.1, 0.15) is 10.4 Å². The number of pyridine rings is 1. The minimum Gasteiger partial charge on any atom is -0.429 e. The molecule has 0 radical (unpaired) electrons. The van der Waals surface area contributed by atoms with Crippen molar-refractivity contribution in [2.24, 2.45) is 0 Å². The number of ether oxygens (including phenoxy) is 1. The Morgan fingerprint density at radius 1 is 1.19 bits per heavy atom. The number of benzene rings is 1. The molecule has 0 amide bonds. The van der Waals surface area contributed by atoms with Crippen LogP contribution in [0.5, 0.6) is 10.9 Å². The van der Waals surface area contributed by atoms with Gasteiger partial charge >= 0.3 is 0 Å². The van der Waals surface area contributed by atoms with E-state index in [4.69, 9.17) is 4.74 Å². The monoisotopic (exact) mass is 361 g/mol. The minimum atomic E-state index is 0.412. The van der Waals surface area contributed by atoms with Crippen molar-refractivity contribution in [1.82, 2.24) is 15.2 Å². The van der Waals surface area contributed by atoms with E-state index in [0.717, 1.165) is 12.0 Å². The van der Waals surface area contributed by atoms with Gasteiger partial charge in [-0.15, -0.1) is 5.10 Å². The molecule has 104 valence electrons. The Bertz CT molecular complexity index is 777. The van der Waals surface area contributed by atoms with Gasteiger partial charge in [-0.1, -0.05) is 22.5 Å². The lowest BCUT2D eigenvalue weighted by molar-refractivity contribution is 0.112. The fourth-order valence-electron chi connectivity index (χ4n) is 1.61. The number of aldehydes is 1. The fourth-order valence-corrected chi connectivity index (χ4v) is 2.77. The number of aromatic nitrogens is 3. The van der Waals surface area contributed by atoms with Gasteiger partial charge in [-0.05, 0) is 46.3 Å². The first-order valence-electron chi connectivity index (χ1n) is 5.94. The van der Waals surface area contributed by atoms with Gasteiger partial charge in [-0.3, -0.25) is 9.78 Å². The van der Waals surface area contributed by atoms with Gasteiger partial charge < -0.3 is 4.74 Å². The van der Waals surface area contributed by atoms with Crippen molar-refractivity contribution in [2.75, 3.05) is 0 Å². The molecule has 3 aromatic rings. The molecule has 21 heavy (non-hydrogen) atoms. The Morgan fingerprint density at radius 2 is 2.10 bits per heavy atom. The Morgan fingerprint density at radius 3 is 2.81 bits per heavy atom. The summed E-state index contributed by atoms with van der Waals surface area (Å²) in [6, 6.07) is 10.7. The van der Waals surface area contributed by atoms with Crippen molar-refractivity contribution in [2.45, 2.75) is 0 Å². The standard InChI is InChI=1S/C14H8BrN3O2S/c15-10-7-9(8-19)4-5-12(10)20-14-18-17-13(21-14)11-3-1-2-6-16-11/h1-8H. The molecule has 5 nitrogen and oxygen atoms in total. The number of hydrogen-bond acceptors (Lipinski definition) is 6. The zero-order chi connectivity index (χ0) is 14.7. The predicted octanol–water partition coefficient (Wildman–Crippen LogP) is 3.97. The first-order chi connectivity index (χ1) is 10.3. The Kier molecular flexibility index (Phi) is 4.03. The maximum absolute atomic E-state index is 10.7. The number of hydrogen-bond donors (Lipinski definition) is 0. The van der Waals surface area contributed by atoms with E-state index < -0.39 is 0 Å². The molecule has 0 unspecified atom stereocenters. The number of rotatable bonds is 4. The van der Waals surface area contributed by atoms with Crippen LogP contribution in [0.3, 0.4) is 0 Å². The lowest BCUT2D eigenvalue weighted by atomic mass is 10.2. The zero-order valence-electron chi connectivity index (χ0n) is 10.6. The third-order valence-electron chi connectivity index (χ3n) is 2.58. The zero-order valence-corrected chi connectivity index (χ0v) is 13.0. The molecule has 2 aromatic heterocycles. The molecular formula is C14H8BrN3O2S. The van der Waals surface area contributed by atoms with E-state index in [0.29, 0.717) is 26.0 Å². The van der Waals surface area contributed by atoms with Crippen LogP contribution in [0.4, 0.5) is 0 Å². The summed E-state index contributed by atoms with van der Waals surface area (Å²) < 4.78 is 6.35. The molecule has 0 fully saturated rings. The molecule has 7 heteroatoms. The van der Waals surface area contributed by atoms with E-state index in [1.54, 1.807) is 24.4 Å². The summed E-state index contributed by atoms with van der Waals surface area (Å²) in [5.74, 6) is 0.573. The number of nitrogens with zero attached hydrogens (tertiary/aromatic N) is 3. The summed E-state index contributed by atoms with van der Waals surface area (Å²) in [6.07, 6.45) is 2.48. The molecule has 0 aliphatic carbocycles. The fraction of sp³-hybridized carbons (Fsp3) is 0. The summed E-state index contributed by atoms with van der Waals surface area (Å²) in [5.41, 5.74) is 1.32. The molecular weight excluding hydrogens is 354 g/mol. The van der Waals surface area contributed by atoms with Gasteiger partial charge in [0, 0.05) is 11.8 Å². The van der Waals surface area contributed by atoms with Crippen LogP contribution in [0.15, 0.2) is 47.1 Å². The molecule has 2 heterocycles. The van der Waals surface area contributed by atoms with Crippen molar-refractivity contribution >= 4 is 33.6 Å². The quantitative estimate of drug-likeness (QED) is 0.657. The van der Waals surface area contributed by atoms with Crippen LogP contribution < -0.4 is 4.74 Å². The number of halogens is 1. The smallest absolute Gasteiger partial charge is 0.299 e. The normalized spacial score (nSPS) is 10.3. The summed E-state index contributed by atoms with van der Waals surface area (Å²) >= 11 is 4.66. The third kappa shape index (κ3) is 3.14. The van der Waals surface area contributed by atoms with E-state index in [2.05, 4.69) is 31.1 Å². The van der Waals surface area contributed by atoms with Gasteiger partial charge in [-0.2, -0.15) is 0 Å². The van der Waals surface area contributed by atoms with Gasteiger partial charge in [-0.25, -0.2) is 0 Å². The molecule has 0 aliphatic rings. The van der Waals surface area contributed by atoms with Crippen LogP contribution in [-0.4, -0.2) is 21.5 Å². The summed E-state index contributed by atoms with van der Waals surface area (Å²) in [5, 5.41) is 9.14. The molecule has 0 saturated heterocycles. The Balaban J connectivity index is 1.83. The number of carbonyl (C=O) groups is 1. The second-order valence-electron chi connectivity index (χ2n) is 4.00. The highest BCUT2D eigenvalue weighted by atomic mass is 79.9. The maximum atomic E-state index is 10.7. The maximum Gasteiger partial charge on any atom is 0.299 e. The Labute approximate surface area is 132 Å². The van der Waals surface area contributed by atoms with Crippen LogP contribution in [0.2, 0.25) is 0 Å². The summed E-state index contributed by atoms with van der Waals surface area (Å²) in [6.45, 7) is 0. The molecule has 0 saturated carbocycles. The van der Waals surface area contributed by atoms with Gasteiger partial charge in [0.15, 0.2) is 5.01 Å². The van der Waals surface area contributed by atoms with Crippen molar-refractivity contribution < 1.29 is 9.53 Å². The summed E-state index contributed by atoms with van der Waals surface area (Å²) in [7, 11) is 0. The van der Waals surface area contributed by atoms with Crippen molar-refractivity contribution in [3.63, 3.8) is 0 Å². The van der Waals surface area contributed by atoms with Crippen molar-refractivity contribution in [3.8, 4) is 21.6 Å². The van der Waals surface area contributed by atoms with E-state index in [-0.39, 0.29) is 0 Å². The van der Waals surface area contributed by atoms with Crippen LogP contribution in [-0.2, 0) is 0 Å². The van der Waals surface area contributed by atoms with E-state index in [9.17, 15) is 4.79 Å². The molecule has 0 spiro atoms. The average Bonchev–Trinajstić information content (AvgIpc) is 2.99. The van der Waals surface area contributed by atoms with E-state index >= 15 is 0 Å². The summed E-state index contributed by atoms with van der Waals surface area (Å²) in [4.78, 5) is 14.9. The van der Waals surface area contributed by atoms with Crippen LogP contribution >= 0.6 is 27.3 Å². The topological polar surface area (TPSA) is 65.0 Å². The molecule has 0 N–H and O–H groups in total. The highest BCUT2D eigenvalue weighted by Gasteiger charge is 2.11. The largest absolute Gasteiger partial charge is 0.429 e. The van der Waals surface area contributed by atoms with Gasteiger partial charge in [0.2, 0.25) is 0 Å². The molecule has 0 aliphatic heterocycles. The lowest BCUT2D eigenvalue weighted by Crippen LogP contribution is -1.87. The first kappa shape index (κ1) is 13.8. The number of carbonyl (C=O) groups excluding carboxylic acids is 1. The predicted molar refractivity (Wildman–Crippen MR) is 82.7 cm³/mol.